The lowest BCUT2D eigenvalue weighted by Gasteiger charge is -2.37. The summed E-state index contributed by atoms with van der Waals surface area (Å²) in [5, 5.41) is 1.33. The van der Waals surface area contributed by atoms with Crippen LogP contribution in [0.15, 0.2) is 24.3 Å². The topological polar surface area (TPSA) is 41.5 Å². The lowest BCUT2D eigenvalue weighted by molar-refractivity contribution is 0.413. The molecule has 2 aromatic heterocycles. The summed E-state index contributed by atoms with van der Waals surface area (Å²) in [5.41, 5.74) is 2.70. The summed E-state index contributed by atoms with van der Waals surface area (Å²) < 4.78 is 5.56. The van der Waals surface area contributed by atoms with E-state index in [2.05, 4.69) is 21.9 Å². The van der Waals surface area contributed by atoms with Gasteiger partial charge in [0.25, 0.3) is 0 Å². The van der Waals surface area contributed by atoms with E-state index in [1.807, 2.05) is 30.4 Å². The van der Waals surface area contributed by atoms with Crippen LogP contribution in [0.4, 0.5) is 11.5 Å². The van der Waals surface area contributed by atoms with E-state index in [0.29, 0.717) is 0 Å². The fourth-order valence-electron chi connectivity index (χ4n) is 4.52. The van der Waals surface area contributed by atoms with Gasteiger partial charge >= 0.3 is 0 Å². The van der Waals surface area contributed by atoms with Gasteiger partial charge in [-0.1, -0.05) is 12.1 Å². The number of piperazine rings is 1. The number of thiophene rings is 1. The number of fused-ring (bicyclic) bond motifs is 3. The molecule has 0 radical (unpaired) electrons. The highest BCUT2D eigenvalue weighted by Gasteiger charge is 2.26. The lowest BCUT2D eigenvalue weighted by atomic mass is 9.97. The number of nitrogens with zero attached hydrogens (tertiary/aromatic N) is 4. The third-order valence-electron chi connectivity index (χ3n) is 5.91. The van der Waals surface area contributed by atoms with Gasteiger partial charge in [-0.05, 0) is 50.3 Å². The summed E-state index contributed by atoms with van der Waals surface area (Å²) in [7, 11) is 1.75. The number of rotatable bonds is 3. The molecule has 0 amide bonds. The second kappa shape index (κ2) is 7.24. The van der Waals surface area contributed by atoms with Gasteiger partial charge in [-0.2, -0.15) is 0 Å². The summed E-state index contributed by atoms with van der Waals surface area (Å²) >= 11 is 1.89. The first kappa shape index (κ1) is 17.7. The number of para-hydroxylation sites is 2. The second-order valence-corrected chi connectivity index (χ2v) is 8.72. The van der Waals surface area contributed by atoms with Gasteiger partial charge in [0.15, 0.2) is 0 Å². The maximum Gasteiger partial charge on any atom is 0.142 e. The molecule has 28 heavy (non-hydrogen) atoms. The molecule has 0 atom stereocenters. The van der Waals surface area contributed by atoms with E-state index < -0.39 is 0 Å². The first-order valence-corrected chi connectivity index (χ1v) is 11.0. The summed E-state index contributed by atoms with van der Waals surface area (Å²) in [6, 6.07) is 8.30. The van der Waals surface area contributed by atoms with Crippen LogP contribution < -0.4 is 14.5 Å². The number of hydrogen-bond donors (Lipinski definition) is 0. The Bertz CT molecular complexity index is 1010. The van der Waals surface area contributed by atoms with E-state index in [1.165, 1.54) is 52.0 Å². The van der Waals surface area contributed by atoms with E-state index in [4.69, 9.17) is 14.7 Å². The molecule has 0 spiro atoms. The average molecular weight is 395 g/mol. The summed E-state index contributed by atoms with van der Waals surface area (Å²) in [5.74, 6) is 2.98. The van der Waals surface area contributed by atoms with Gasteiger partial charge < -0.3 is 14.5 Å². The molecule has 5 nitrogen and oxygen atoms in total. The van der Waals surface area contributed by atoms with Crippen molar-refractivity contribution in [3.63, 3.8) is 0 Å². The third-order valence-corrected chi connectivity index (χ3v) is 7.10. The maximum atomic E-state index is 5.56. The Labute approximate surface area is 170 Å². The van der Waals surface area contributed by atoms with E-state index in [-0.39, 0.29) is 0 Å². The van der Waals surface area contributed by atoms with E-state index in [0.717, 1.165) is 43.6 Å². The van der Waals surface area contributed by atoms with Crippen molar-refractivity contribution in [2.75, 3.05) is 43.1 Å². The fraction of sp³-hybridized carbons (Fsp3) is 0.455. The fourth-order valence-corrected chi connectivity index (χ4v) is 5.82. The normalized spacial score (nSPS) is 17.1. The highest BCUT2D eigenvalue weighted by atomic mass is 32.1. The Morgan fingerprint density at radius 1 is 0.964 bits per heavy atom. The Balaban J connectivity index is 1.45. The minimum absolute atomic E-state index is 0.883. The molecule has 0 N–H and O–H groups in total. The van der Waals surface area contributed by atoms with Crippen LogP contribution >= 0.6 is 11.3 Å². The second-order valence-electron chi connectivity index (χ2n) is 7.63. The first-order valence-electron chi connectivity index (χ1n) is 10.2. The van der Waals surface area contributed by atoms with Crippen molar-refractivity contribution in [3.05, 3.63) is 40.5 Å². The van der Waals surface area contributed by atoms with Crippen LogP contribution in [0, 0.1) is 6.92 Å². The molecule has 1 aliphatic heterocycles. The number of aromatic nitrogens is 2. The highest BCUT2D eigenvalue weighted by molar-refractivity contribution is 7.19. The van der Waals surface area contributed by atoms with Gasteiger partial charge in [0.1, 0.15) is 22.2 Å². The van der Waals surface area contributed by atoms with Crippen LogP contribution in [0.5, 0.6) is 5.75 Å². The van der Waals surface area contributed by atoms with Crippen LogP contribution in [0.2, 0.25) is 0 Å². The van der Waals surface area contributed by atoms with Crippen molar-refractivity contribution < 1.29 is 4.74 Å². The number of methoxy groups -OCH3 is 1. The van der Waals surface area contributed by atoms with Crippen LogP contribution in [0.1, 0.15) is 29.1 Å². The molecule has 3 heterocycles. The molecule has 0 saturated carbocycles. The molecule has 1 aromatic carbocycles. The number of aryl methyl sites for hydroxylation is 3. The van der Waals surface area contributed by atoms with Crippen molar-refractivity contribution >= 4 is 33.1 Å². The number of benzene rings is 1. The largest absolute Gasteiger partial charge is 0.495 e. The molecular weight excluding hydrogens is 368 g/mol. The molecule has 3 aromatic rings. The zero-order valence-electron chi connectivity index (χ0n) is 16.6. The number of hydrogen-bond acceptors (Lipinski definition) is 6. The zero-order chi connectivity index (χ0) is 19.1. The van der Waals surface area contributed by atoms with Gasteiger partial charge in [-0.15, -0.1) is 11.3 Å². The molecule has 1 aliphatic carbocycles. The summed E-state index contributed by atoms with van der Waals surface area (Å²) in [4.78, 5) is 17.3. The number of ether oxygens (including phenoxy) is 1. The smallest absolute Gasteiger partial charge is 0.142 e. The average Bonchev–Trinajstić information content (AvgIpc) is 3.11. The molecule has 5 rings (SSSR count). The summed E-state index contributed by atoms with van der Waals surface area (Å²) in [6.45, 7) is 5.89. The predicted molar refractivity (Wildman–Crippen MR) is 116 cm³/mol. The van der Waals surface area contributed by atoms with Crippen LogP contribution in [0.3, 0.4) is 0 Å². The van der Waals surface area contributed by atoms with E-state index in [1.54, 1.807) is 7.11 Å². The van der Waals surface area contributed by atoms with Crippen molar-refractivity contribution in [3.8, 4) is 5.75 Å². The lowest BCUT2D eigenvalue weighted by Crippen LogP contribution is -2.47. The monoisotopic (exact) mass is 394 g/mol. The SMILES string of the molecule is COc1ccccc1N1CCN(c2nc(C)nc3sc4c(c23)CCCC4)CC1. The first-order chi connectivity index (χ1) is 13.7. The van der Waals surface area contributed by atoms with Crippen LogP contribution in [-0.4, -0.2) is 43.3 Å². The predicted octanol–water partition coefficient (Wildman–Crippen LogP) is 4.21. The summed E-state index contributed by atoms with van der Waals surface area (Å²) in [6.07, 6.45) is 4.97. The van der Waals surface area contributed by atoms with Gasteiger partial charge in [0.05, 0.1) is 18.2 Å². The maximum absolute atomic E-state index is 5.56. The Hall–Kier alpha value is -2.34. The standard InChI is InChI=1S/C22H26N4OS/c1-15-23-21(20-16-7-3-6-10-19(16)28-22(20)24-15)26-13-11-25(12-14-26)17-8-4-5-9-18(17)27-2/h4-5,8-9H,3,6-7,10-14H2,1-2H3. The third kappa shape index (κ3) is 3.00. The van der Waals surface area contributed by atoms with Crippen molar-refractivity contribution in [2.24, 2.45) is 0 Å². The minimum atomic E-state index is 0.883. The van der Waals surface area contributed by atoms with Crippen molar-refractivity contribution in [2.45, 2.75) is 32.6 Å². The molecule has 6 heteroatoms. The molecule has 1 saturated heterocycles. The number of anilines is 2. The Morgan fingerprint density at radius 2 is 1.71 bits per heavy atom. The van der Waals surface area contributed by atoms with Crippen LogP contribution in [-0.2, 0) is 12.8 Å². The van der Waals surface area contributed by atoms with E-state index >= 15 is 0 Å². The Kier molecular flexibility index (Phi) is 4.59. The van der Waals surface area contributed by atoms with Gasteiger partial charge in [-0.25, -0.2) is 9.97 Å². The van der Waals surface area contributed by atoms with Gasteiger partial charge in [0, 0.05) is 31.1 Å². The van der Waals surface area contributed by atoms with Crippen molar-refractivity contribution in [1.82, 2.24) is 9.97 Å². The van der Waals surface area contributed by atoms with Gasteiger partial charge in [0.2, 0.25) is 0 Å². The molecule has 1 fully saturated rings. The minimum Gasteiger partial charge on any atom is -0.495 e. The molecule has 146 valence electrons. The van der Waals surface area contributed by atoms with Crippen molar-refractivity contribution in [1.29, 1.82) is 0 Å². The quantitative estimate of drug-likeness (QED) is 0.665. The van der Waals surface area contributed by atoms with Gasteiger partial charge in [-0.3, -0.25) is 0 Å². The highest BCUT2D eigenvalue weighted by Crippen LogP contribution is 2.40. The Morgan fingerprint density at radius 3 is 2.54 bits per heavy atom. The molecule has 2 aliphatic rings. The molecule has 0 bridgehead atoms. The zero-order valence-corrected chi connectivity index (χ0v) is 17.4. The molecular formula is C22H26N4OS. The molecule has 0 unspecified atom stereocenters. The van der Waals surface area contributed by atoms with Crippen LogP contribution in [0.25, 0.3) is 10.2 Å². The van der Waals surface area contributed by atoms with E-state index in [9.17, 15) is 0 Å².